The van der Waals surface area contributed by atoms with E-state index in [2.05, 4.69) is 4.99 Å². The van der Waals surface area contributed by atoms with Gasteiger partial charge in [0.15, 0.2) is 0 Å². The van der Waals surface area contributed by atoms with Gasteiger partial charge in [0, 0.05) is 12.3 Å². The molecule has 0 radical (unpaired) electrons. The van der Waals surface area contributed by atoms with E-state index in [4.69, 9.17) is 9.47 Å². The van der Waals surface area contributed by atoms with Gasteiger partial charge >= 0.3 is 11.9 Å². The van der Waals surface area contributed by atoms with Crippen LogP contribution in [-0.4, -0.2) is 36.4 Å². The average Bonchev–Trinajstić information content (AvgIpc) is 2.73. The van der Waals surface area contributed by atoms with Crippen molar-refractivity contribution in [1.82, 2.24) is 0 Å². The van der Waals surface area contributed by atoms with Crippen molar-refractivity contribution < 1.29 is 24.2 Å². The van der Waals surface area contributed by atoms with Gasteiger partial charge in [-0.3, -0.25) is 4.99 Å². The van der Waals surface area contributed by atoms with Gasteiger partial charge in [-0.25, -0.2) is 9.59 Å². The van der Waals surface area contributed by atoms with Gasteiger partial charge in [-0.05, 0) is 59.5 Å². The summed E-state index contributed by atoms with van der Waals surface area (Å²) in [4.78, 5) is 27.5. The van der Waals surface area contributed by atoms with E-state index >= 15 is 0 Å². The Morgan fingerprint density at radius 2 is 1.83 bits per heavy atom. The van der Waals surface area contributed by atoms with Gasteiger partial charge in [0.2, 0.25) is 0 Å². The molecule has 0 aliphatic carbocycles. The lowest BCUT2D eigenvalue weighted by atomic mass is 10.00. The first-order valence-electron chi connectivity index (χ1n) is 9.33. The average molecular weight is 395 g/mol. The van der Waals surface area contributed by atoms with Crippen molar-refractivity contribution in [1.29, 1.82) is 0 Å². The van der Waals surface area contributed by atoms with Crippen LogP contribution in [0, 0.1) is 5.92 Å². The van der Waals surface area contributed by atoms with Crippen molar-refractivity contribution >= 4 is 24.2 Å². The molecular formula is C23H25NO5. The second-order valence-electron chi connectivity index (χ2n) is 6.55. The van der Waals surface area contributed by atoms with E-state index in [1.54, 1.807) is 37.5 Å². The van der Waals surface area contributed by atoms with Gasteiger partial charge in [0.25, 0.3) is 0 Å². The molecular weight excluding hydrogens is 370 g/mol. The molecule has 2 unspecified atom stereocenters. The summed E-state index contributed by atoms with van der Waals surface area (Å²) in [5.74, 6) is -0.406. The number of hydrogen-bond donors (Lipinski definition) is 1. The molecule has 1 N–H and O–H groups in total. The third kappa shape index (κ3) is 6.92. The highest BCUT2D eigenvalue weighted by Crippen LogP contribution is 2.16. The van der Waals surface area contributed by atoms with Crippen LogP contribution in [0.15, 0.2) is 59.6 Å². The summed E-state index contributed by atoms with van der Waals surface area (Å²) in [6.45, 7) is 3.79. The summed E-state index contributed by atoms with van der Waals surface area (Å²) in [7, 11) is 1.58. The van der Waals surface area contributed by atoms with E-state index < -0.39 is 18.0 Å². The molecule has 0 aliphatic heterocycles. The monoisotopic (exact) mass is 395 g/mol. The predicted octanol–water partition coefficient (Wildman–Crippen LogP) is 4.23. The van der Waals surface area contributed by atoms with Crippen LogP contribution in [-0.2, 0) is 9.59 Å². The number of esters is 1. The maximum Gasteiger partial charge on any atom is 0.336 e. The Balaban J connectivity index is 1.97. The molecule has 0 heterocycles. The van der Waals surface area contributed by atoms with Gasteiger partial charge in [-0.2, -0.15) is 0 Å². The number of methoxy groups -OCH3 is 1. The third-order valence-electron chi connectivity index (χ3n) is 4.42. The van der Waals surface area contributed by atoms with E-state index in [0.717, 1.165) is 17.5 Å². The fourth-order valence-corrected chi connectivity index (χ4v) is 2.53. The number of nitrogens with zero attached hydrogens (tertiary/aromatic N) is 1. The smallest absolute Gasteiger partial charge is 0.336 e. The predicted molar refractivity (Wildman–Crippen MR) is 113 cm³/mol. The largest absolute Gasteiger partial charge is 0.497 e. The van der Waals surface area contributed by atoms with Crippen molar-refractivity contribution in [2.24, 2.45) is 10.9 Å². The second-order valence-corrected chi connectivity index (χ2v) is 6.55. The lowest BCUT2D eigenvalue weighted by Gasteiger charge is -2.13. The highest BCUT2D eigenvalue weighted by Gasteiger charge is 2.21. The fraction of sp³-hybridized carbons (Fsp3) is 0.261. The summed E-state index contributed by atoms with van der Waals surface area (Å²) in [6, 6.07) is 13.2. The van der Waals surface area contributed by atoms with Crippen LogP contribution < -0.4 is 9.47 Å². The van der Waals surface area contributed by atoms with Crippen molar-refractivity contribution in [3.63, 3.8) is 0 Å². The molecule has 2 aromatic rings. The molecule has 0 aromatic heterocycles. The first kappa shape index (κ1) is 21.9. The summed E-state index contributed by atoms with van der Waals surface area (Å²) >= 11 is 0. The third-order valence-corrected chi connectivity index (χ3v) is 4.42. The van der Waals surface area contributed by atoms with E-state index in [0.29, 0.717) is 11.5 Å². The minimum absolute atomic E-state index is 0.0552. The van der Waals surface area contributed by atoms with Crippen LogP contribution in [0.3, 0.4) is 0 Å². The number of carboxylic acid groups (broad SMARTS) is 1. The highest BCUT2D eigenvalue weighted by atomic mass is 16.5. The summed E-state index contributed by atoms with van der Waals surface area (Å²) < 4.78 is 10.4. The molecule has 0 saturated carbocycles. The van der Waals surface area contributed by atoms with Crippen LogP contribution in [0.1, 0.15) is 31.4 Å². The van der Waals surface area contributed by atoms with Crippen LogP contribution >= 0.6 is 0 Å². The molecule has 0 aliphatic rings. The Bertz CT molecular complexity index is 886. The number of hydrogen-bond acceptors (Lipinski definition) is 5. The summed E-state index contributed by atoms with van der Waals surface area (Å²) in [6.07, 6.45) is 5.24. The van der Waals surface area contributed by atoms with Gasteiger partial charge in [-0.1, -0.05) is 32.4 Å². The zero-order chi connectivity index (χ0) is 21.2. The maximum atomic E-state index is 12.0. The SMILES string of the molecule is CCC(C)C(/N=C/c1ccc(OC(=O)/C=C/c2cccc(OC)c2)cc1)C(=O)O. The molecule has 0 bridgehead atoms. The number of carboxylic acids is 1. The summed E-state index contributed by atoms with van der Waals surface area (Å²) in [5.41, 5.74) is 1.55. The van der Waals surface area contributed by atoms with Gasteiger partial charge in [0.05, 0.1) is 7.11 Å². The molecule has 29 heavy (non-hydrogen) atoms. The highest BCUT2D eigenvalue weighted by molar-refractivity contribution is 5.89. The fourth-order valence-electron chi connectivity index (χ4n) is 2.53. The number of rotatable bonds is 9. The number of carbonyl (C=O) groups is 2. The minimum atomic E-state index is -0.941. The molecule has 0 amide bonds. The van der Waals surface area contributed by atoms with Crippen molar-refractivity contribution in [2.45, 2.75) is 26.3 Å². The zero-order valence-corrected chi connectivity index (χ0v) is 16.7. The van der Waals surface area contributed by atoms with Crippen LogP contribution in [0.5, 0.6) is 11.5 Å². The number of benzene rings is 2. The van der Waals surface area contributed by atoms with Crippen molar-refractivity contribution in [3.05, 3.63) is 65.7 Å². The first-order valence-corrected chi connectivity index (χ1v) is 9.33. The molecule has 2 rings (SSSR count). The lowest BCUT2D eigenvalue weighted by molar-refractivity contribution is -0.139. The van der Waals surface area contributed by atoms with Gasteiger partial charge in [-0.15, -0.1) is 0 Å². The molecule has 0 saturated heterocycles. The van der Waals surface area contributed by atoms with Crippen molar-refractivity contribution in [2.75, 3.05) is 7.11 Å². The molecule has 2 atom stereocenters. The summed E-state index contributed by atoms with van der Waals surface area (Å²) in [5, 5.41) is 9.27. The van der Waals surface area contributed by atoms with Gasteiger partial charge < -0.3 is 14.6 Å². The molecule has 6 nitrogen and oxygen atoms in total. The Morgan fingerprint density at radius 1 is 1.10 bits per heavy atom. The quantitative estimate of drug-likeness (QED) is 0.297. The molecule has 0 fully saturated rings. The molecule has 6 heteroatoms. The van der Waals surface area contributed by atoms with Crippen LogP contribution in [0.2, 0.25) is 0 Å². The zero-order valence-electron chi connectivity index (χ0n) is 16.7. The molecule has 152 valence electrons. The minimum Gasteiger partial charge on any atom is -0.497 e. The molecule has 2 aromatic carbocycles. The Kier molecular flexibility index (Phi) is 8.15. The van der Waals surface area contributed by atoms with E-state index in [1.807, 2.05) is 38.1 Å². The first-order chi connectivity index (χ1) is 13.9. The standard InChI is InChI=1S/C23H25NO5/c1-4-16(2)22(23(26)27)24-15-18-8-11-19(12-9-18)29-21(25)13-10-17-6-5-7-20(14-17)28-3/h5-16,22H,4H2,1-3H3,(H,26,27)/b13-10+,24-15+. The molecule has 0 spiro atoms. The van der Waals surface area contributed by atoms with E-state index in [1.165, 1.54) is 12.3 Å². The number of ether oxygens (including phenoxy) is 2. The lowest BCUT2D eigenvalue weighted by Crippen LogP contribution is -2.25. The second kappa shape index (κ2) is 10.8. The van der Waals surface area contributed by atoms with Gasteiger partial charge in [0.1, 0.15) is 17.5 Å². The van der Waals surface area contributed by atoms with Crippen molar-refractivity contribution in [3.8, 4) is 11.5 Å². The normalized spacial score (nSPS) is 13.3. The van der Waals surface area contributed by atoms with Crippen LogP contribution in [0.25, 0.3) is 6.08 Å². The Labute approximate surface area is 170 Å². The Hall–Kier alpha value is -3.41. The Morgan fingerprint density at radius 3 is 2.45 bits per heavy atom. The number of aliphatic imine (C=N–C) groups is 1. The van der Waals surface area contributed by atoms with E-state index in [-0.39, 0.29) is 5.92 Å². The number of aliphatic carboxylic acids is 1. The van der Waals surface area contributed by atoms with Crippen LogP contribution in [0.4, 0.5) is 0 Å². The van der Waals surface area contributed by atoms with E-state index in [9.17, 15) is 14.7 Å². The maximum absolute atomic E-state index is 12.0. The topological polar surface area (TPSA) is 85.2 Å². The number of carbonyl (C=O) groups excluding carboxylic acids is 1.